The van der Waals surface area contributed by atoms with Gasteiger partial charge in [-0.15, -0.1) is 0 Å². The van der Waals surface area contributed by atoms with Gasteiger partial charge in [0.25, 0.3) is 5.91 Å². The fourth-order valence-corrected chi connectivity index (χ4v) is 3.55. The Kier molecular flexibility index (Phi) is 5.68. The number of fused-ring (bicyclic) bond motifs is 1. The maximum Gasteiger partial charge on any atom is 0.416 e. The topological polar surface area (TPSA) is 119 Å². The van der Waals surface area contributed by atoms with E-state index in [1.165, 1.54) is 29.2 Å². The predicted octanol–water partition coefficient (Wildman–Crippen LogP) is 4.05. The van der Waals surface area contributed by atoms with E-state index in [-0.39, 0.29) is 22.1 Å². The first-order valence-corrected chi connectivity index (χ1v) is 9.86. The standard InChI is InChI=1S/C21H16ClF3N6O2/c1-10-16-17(19(26)28-9-27-16)31(30-10)15-6-5-13(8-14(15)22)29-20(33)18(32)11-3-2-4-12(7-11)21(23,24)25/h2-9,18,32H,1H3,(H,29,33)(H2,26,27,28). The summed E-state index contributed by atoms with van der Waals surface area (Å²) in [7, 11) is 0. The highest BCUT2D eigenvalue weighted by molar-refractivity contribution is 6.32. The Morgan fingerprint density at radius 1 is 1.21 bits per heavy atom. The zero-order valence-electron chi connectivity index (χ0n) is 16.9. The molecule has 170 valence electrons. The fourth-order valence-electron chi connectivity index (χ4n) is 3.29. The Morgan fingerprint density at radius 3 is 2.67 bits per heavy atom. The van der Waals surface area contributed by atoms with Crippen LogP contribution in [0, 0.1) is 6.92 Å². The van der Waals surface area contributed by atoms with E-state index in [0.717, 1.165) is 18.2 Å². The third-order valence-electron chi connectivity index (χ3n) is 4.88. The molecule has 33 heavy (non-hydrogen) atoms. The number of carbonyl (C=O) groups excluding carboxylic acids is 1. The molecule has 0 radical (unpaired) electrons. The van der Waals surface area contributed by atoms with Crippen molar-refractivity contribution in [2.45, 2.75) is 19.2 Å². The van der Waals surface area contributed by atoms with Crippen LogP contribution in [0.5, 0.6) is 0 Å². The summed E-state index contributed by atoms with van der Waals surface area (Å²) >= 11 is 6.40. The number of aliphatic hydroxyl groups is 1. The lowest BCUT2D eigenvalue weighted by molar-refractivity contribution is -0.138. The van der Waals surface area contributed by atoms with Gasteiger partial charge in [-0.25, -0.2) is 14.6 Å². The number of aryl methyl sites for hydroxylation is 1. The summed E-state index contributed by atoms with van der Waals surface area (Å²) < 4.78 is 40.2. The van der Waals surface area contributed by atoms with E-state index in [1.807, 2.05) is 0 Å². The van der Waals surface area contributed by atoms with Crippen molar-refractivity contribution in [3.8, 4) is 5.69 Å². The first-order chi connectivity index (χ1) is 15.6. The van der Waals surface area contributed by atoms with E-state index in [1.54, 1.807) is 13.0 Å². The summed E-state index contributed by atoms with van der Waals surface area (Å²) in [6, 6.07) is 8.40. The number of carbonyl (C=O) groups is 1. The van der Waals surface area contributed by atoms with Crippen LogP contribution in [0.2, 0.25) is 5.02 Å². The van der Waals surface area contributed by atoms with Gasteiger partial charge < -0.3 is 16.2 Å². The highest BCUT2D eigenvalue weighted by Crippen LogP contribution is 2.32. The van der Waals surface area contributed by atoms with Gasteiger partial charge >= 0.3 is 6.18 Å². The monoisotopic (exact) mass is 476 g/mol. The predicted molar refractivity (Wildman–Crippen MR) is 116 cm³/mol. The number of alkyl halides is 3. The maximum absolute atomic E-state index is 12.9. The van der Waals surface area contributed by atoms with Crippen LogP contribution in [0.15, 0.2) is 48.8 Å². The lowest BCUT2D eigenvalue weighted by Crippen LogP contribution is -2.21. The van der Waals surface area contributed by atoms with Gasteiger partial charge in [0.1, 0.15) is 17.4 Å². The highest BCUT2D eigenvalue weighted by atomic mass is 35.5. The molecule has 0 saturated heterocycles. The Balaban J connectivity index is 1.59. The minimum atomic E-state index is -4.60. The average molecular weight is 477 g/mol. The van der Waals surface area contributed by atoms with Gasteiger partial charge in [0, 0.05) is 5.69 Å². The quantitative estimate of drug-likeness (QED) is 0.409. The smallest absolute Gasteiger partial charge is 0.382 e. The first kappa shape index (κ1) is 22.5. The molecule has 4 N–H and O–H groups in total. The number of hydrogen-bond donors (Lipinski definition) is 3. The van der Waals surface area contributed by atoms with Crippen molar-refractivity contribution in [2.24, 2.45) is 0 Å². The number of benzene rings is 2. The number of aliphatic hydroxyl groups excluding tert-OH is 1. The van der Waals surface area contributed by atoms with E-state index in [0.29, 0.717) is 22.4 Å². The van der Waals surface area contributed by atoms with Gasteiger partial charge in [-0.05, 0) is 42.8 Å². The van der Waals surface area contributed by atoms with Gasteiger partial charge in [-0.2, -0.15) is 18.3 Å². The lowest BCUT2D eigenvalue weighted by atomic mass is 10.0. The van der Waals surface area contributed by atoms with Crippen LogP contribution in [0.3, 0.4) is 0 Å². The average Bonchev–Trinajstić information content (AvgIpc) is 3.10. The zero-order chi connectivity index (χ0) is 23.9. The molecule has 0 aliphatic rings. The molecule has 4 rings (SSSR count). The van der Waals surface area contributed by atoms with Gasteiger partial charge in [0.05, 0.1) is 22.0 Å². The third kappa shape index (κ3) is 4.32. The molecule has 2 aromatic carbocycles. The van der Waals surface area contributed by atoms with Crippen molar-refractivity contribution in [3.05, 3.63) is 70.6 Å². The first-order valence-electron chi connectivity index (χ1n) is 9.48. The number of aromatic nitrogens is 4. The lowest BCUT2D eigenvalue weighted by Gasteiger charge is -2.15. The van der Waals surface area contributed by atoms with Gasteiger partial charge in [0.2, 0.25) is 0 Å². The van der Waals surface area contributed by atoms with E-state index in [9.17, 15) is 23.1 Å². The number of nitrogen functional groups attached to an aromatic ring is 1. The molecule has 1 amide bonds. The van der Waals surface area contributed by atoms with Gasteiger partial charge in [-0.3, -0.25) is 4.79 Å². The molecule has 0 fully saturated rings. The molecule has 2 heterocycles. The zero-order valence-corrected chi connectivity index (χ0v) is 17.7. The van der Waals surface area contributed by atoms with E-state index in [2.05, 4.69) is 20.4 Å². The van der Waals surface area contributed by atoms with E-state index >= 15 is 0 Å². The minimum Gasteiger partial charge on any atom is -0.382 e. The number of nitrogens with one attached hydrogen (secondary N) is 1. The molecular weight excluding hydrogens is 461 g/mol. The van der Waals surface area contributed by atoms with Crippen molar-refractivity contribution in [1.29, 1.82) is 0 Å². The van der Waals surface area contributed by atoms with Crippen molar-refractivity contribution in [3.63, 3.8) is 0 Å². The SMILES string of the molecule is Cc1nn(-c2ccc(NC(=O)C(O)c3cccc(C(F)(F)F)c3)cc2Cl)c2c(N)ncnc12. The van der Waals surface area contributed by atoms with Crippen molar-refractivity contribution >= 4 is 40.0 Å². The second-order valence-corrected chi connectivity index (χ2v) is 7.54. The van der Waals surface area contributed by atoms with Crippen LogP contribution in [0.25, 0.3) is 16.7 Å². The maximum atomic E-state index is 12.9. The Hall–Kier alpha value is -3.70. The van der Waals surface area contributed by atoms with E-state index in [4.69, 9.17) is 17.3 Å². The molecule has 4 aromatic rings. The summed E-state index contributed by atoms with van der Waals surface area (Å²) in [6.45, 7) is 1.75. The Morgan fingerprint density at radius 2 is 1.97 bits per heavy atom. The molecule has 0 bridgehead atoms. The summed E-state index contributed by atoms with van der Waals surface area (Å²) in [5, 5.41) is 17.3. The molecule has 0 saturated carbocycles. The minimum absolute atomic E-state index is 0.189. The molecule has 1 atom stereocenters. The second kappa shape index (κ2) is 8.34. The number of hydrogen-bond acceptors (Lipinski definition) is 6. The number of amides is 1. The Bertz CT molecular complexity index is 1370. The number of nitrogens with two attached hydrogens (primary N) is 1. The molecular formula is C21H16ClF3N6O2. The number of anilines is 2. The van der Waals surface area contributed by atoms with Crippen LogP contribution < -0.4 is 11.1 Å². The molecule has 2 aromatic heterocycles. The normalized spacial score (nSPS) is 12.7. The number of rotatable bonds is 4. The summed E-state index contributed by atoms with van der Waals surface area (Å²) in [4.78, 5) is 20.6. The summed E-state index contributed by atoms with van der Waals surface area (Å²) in [6.07, 6.45) is -5.09. The van der Waals surface area contributed by atoms with Crippen molar-refractivity contribution in [2.75, 3.05) is 11.1 Å². The van der Waals surface area contributed by atoms with Gasteiger partial charge in [-0.1, -0.05) is 23.7 Å². The molecule has 0 spiro atoms. The van der Waals surface area contributed by atoms with Gasteiger partial charge in [0.15, 0.2) is 11.9 Å². The molecule has 1 unspecified atom stereocenters. The van der Waals surface area contributed by atoms with Crippen LogP contribution in [0.1, 0.15) is 22.9 Å². The van der Waals surface area contributed by atoms with Crippen LogP contribution >= 0.6 is 11.6 Å². The summed E-state index contributed by atoms with van der Waals surface area (Å²) in [5.41, 5.74) is 7.09. The van der Waals surface area contributed by atoms with Crippen molar-refractivity contribution < 1.29 is 23.1 Å². The van der Waals surface area contributed by atoms with Crippen molar-refractivity contribution in [1.82, 2.24) is 19.7 Å². The fraction of sp³-hybridized carbons (Fsp3) is 0.143. The van der Waals surface area contributed by atoms with Crippen LogP contribution in [0.4, 0.5) is 24.7 Å². The molecule has 0 aliphatic heterocycles. The van der Waals surface area contributed by atoms with Crippen LogP contribution in [-0.4, -0.2) is 30.8 Å². The third-order valence-corrected chi connectivity index (χ3v) is 5.18. The Labute approximate surface area is 189 Å². The van der Waals surface area contributed by atoms with Crippen LogP contribution in [-0.2, 0) is 11.0 Å². The number of halogens is 4. The number of nitrogens with zero attached hydrogens (tertiary/aromatic N) is 4. The summed E-state index contributed by atoms with van der Waals surface area (Å²) in [5.74, 6) is -0.713. The second-order valence-electron chi connectivity index (χ2n) is 7.13. The largest absolute Gasteiger partial charge is 0.416 e. The highest BCUT2D eigenvalue weighted by Gasteiger charge is 2.31. The van der Waals surface area contributed by atoms with E-state index < -0.39 is 23.8 Å². The molecule has 12 heteroatoms. The molecule has 0 aliphatic carbocycles. The molecule has 8 nitrogen and oxygen atoms in total.